The third-order valence-corrected chi connectivity index (χ3v) is 2.31. The first kappa shape index (κ1) is 12.9. The van der Waals surface area contributed by atoms with E-state index in [1.807, 2.05) is 12.3 Å². The van der Waals surface area contributed by atoms with Crippen LogP contribution in [0.1, 0.15) is 12.6 Å². The summed E-state index contributed by atoms with van der Waals surface area (Å²) in [5, 5.41) is 3.28. The zero-order valence-electron chi connectivity index (χ0n) is 10.4. The zero-order valence-corrected chi connectivity index (χ0v) is 10.4. The van der Waals surface area contributed by atoms with Crippen LogP contribution >= 0.6 is 0 Å². The molecular weight excluding hydrogens is 202 g/mol. The summed E-state index contributed by atoms with van der Waals surface area (Å²) in [5.74, 6) is 0. The SMILES string of the molecule is CCNc1ccnc(CN(C)CCOC)c1. The number of methoxy groups -OCH3 is 1. The highest BCUT2D eigenvalue weighted by Crippen LogP contribution is 2.08. The molecule has 0 bridgehead atoms. The van der Waals surface area contributed by atoms with Crippen LogP contribution in [0.2, 0.25) is 0 Å². The van der Waals surface area contributed by atoms with Gasteiger partial charge in [0, 0.05) is 38.6 Å². The Morgan fingerprint density at radius 3 is 3.00 bits per heavy atom. The van der Waals surface area contributed by atoms with E-state index in [9.17, 15) is 0 Å². The molecule has 0 unspecified atom stereocenters. The highest BCUT2D eigenvalue weighted by molar-refractivity contribution is 5.42. The topological polar surface area (TPSA) is 37.4 Å². The number of rotatable bonds is 7. The van der Waals surface area contributed by atoms with Gasteiger partial charge in [0.05, 0.1) is 12.3 Å². The van der Waals surface area contributed by atoms with Crippen molar-refractivity contribution in [2.75, 3.05) is 39.2 Å². The summed E-state index contributed by atoms with van der Waals surface area (Å²) in [6.07, 6.45) is 1.84. The van der Waals surface area contributed by atoms with Gasteiger partial charge >= 0.3 is 0 Å². The van der Waals surface area contributed by atoms with Gasteiger partial charge in [0.1, 0.15) is 0 Å². The molecule has 16 heavy (non-hydrogen) atoms. The first-order valence-electron chi connectivity index (χ1n) is 5.62. The number of anilines is 1. The van der Waals surface area contributed by atoms with Crippen molar-refractivity contribution >= 4 is 5.69 Å². The van der Waals surface area contributed by atoms with Gasteiger partial charge in [-0.25, -0.2) is 0 Å². The molecule has 0 atom stereocenters. The maximum Gasteiger partial charge on any atom is 0.0589 e. The molecule has 1 heterocycles. The van der Waals surface area contributed by atoms with Gasteiger partial charge in [-0.05, 0) is 26.1 Å². The molecule has 0 aliphatic carbocycles. The molecular formula is C12H21N3O. The van der Waals surface area contributed by atoms with Crippen LogP contribution in [0.5, 0.6) is 0 Å². The molecule has 1 N–H and O–H groups in total. The van der Waals surface area contributed by atoms with Crippen LogP contribution in [-0.2, 0) is 11.3 Å². The fourth-order valence-corrected chi connectivity index (χ4v) is 1.48. The quantitative estimate of drug-likeness (QED) is 0.761. The third-order valence-electron chi connectivity index (χ3n) is 2.31. The molecule has 0 aliphatic rings. The molecule has 0 radical (unpaired) electrons. The first-order chi connectivity index (χ1) is 7.76. The van der Waals surface area contributed by atoms with Crippen LogP contribution in [-0.4, -0.2) is 43.7 Å². The summed E-state index contributed by atoms with van der Waals surface area (Å²) in [4.78, 5) is 6.54. The molecule has 0 aliphatic heterocycles. The summed E-state index contributed by atoms with van der Waals surface area (Å²) in [7, 11) is 3.79. The minimum absolute atomic E-state index is 0.753. The minimum atomic E-state index is 0.753. The summed E-state index contributed by atoms with van der Waals surface area (Å²) < 4.78 is 5.04. The first-order valence-corrected chi connectivity index (χ1v) is 5.62. The normalized spacial score (nSPS) is 10.8. The monoisotopic (exact) mass is 223 g/mol. The molecule has 0 saturated heterocycles. The average molecular weight is 223 g/mol. The van der Waals surface area contributed by atoms with Gasteiger partial charge < -0.3 is 10.1 Å². The molecule has 0 fully saturated rings. The Morgan fingerprint density at radius 1 is 1.50 bits per heavy atom. The van der Waals surface area contributed by atoms with Crippen LogP contribution in [0.15, 0.2) is 18.3 Å². The number of nitrogens with one attached hydrogen (secondary N) is 1. The zero-order chi connectivity index (χ0) is 11.8. The van der Waals surface area contributed by atoms with Crippen LogP contribution < -0.4 is 5.32 Å². The van der Waals surface area contributed by atoms with Crippen LogP contribution in [0, 0.1) is 0 Å². The van der Waals surface area contributed by atoms with Crippen LogP contribution in [0.3, 0.4) is 0 Å². The van der Waals surface area contributed by atoms with Crippen molar-refractivity contribution < 1.29 is 4.74 Å². The lowest BCUT2D eigenvalue weighted by Gasteiger charge is -2.15. The van der Waals surface area contributed by atoms with Crippen molar-refractivity contribution in [3.8, 4) is 0 Å². The van der Waals surface area contributed by atoms with E-state index in [2.05, 4.69) is 35.2 Å². The fourth-order valence-electron chi connectivity index (χ4n) is 1.48. The van der Waals surface area contributed by atoms with Gasteiger partial charge in [-0.15, -0.1) is 0 Å². The van der Waals surface area contributed by atoms with E-state index in [4.69, 9.17) is 4.74 Å². The second-order valence-electron chi connectivity index (χ2n) is 3.80. The molecule has 1 aromatic heterocycles. The predicted molar refractivity (Wildman–Crippen MR) is 66.6 cm³/mol. The highest BCUT2D eigenvalue weighted by Gasteiger charge is 2.01. The summed E-state index contributed by atoms with van der Waals surface area (Å²) in [5.41, 5.74) is 2.21. The van der Waals surface area contributed by atoms with E-state index in [1.54, 1.807) is 7.11 Å². The number of aromatic nitrogens is 1. The Balaban J connectivity index is 2.49. The molecule has 1 rings (SSSR count). The van der Waals surface area contributed by atoms with Gasteiger partial charge in [0.15, 0.2) is 0 Å². The average Bonchev–Trinajstić information content (AvgIpc) is 2.27. The molecule has 0 amide bonds. The molecule has 0 aromatic carbocycles. The van der Waals surface area contributed by atoms with Crippen LogP contribution in [0.25, 0.3) is 0 Å². The van der Waals surface area contributed by atoms with Gasteiger partial charge in [-0.3, -0.25) is 9.88 Å². The lowest BCUT2D eigenvalue weighted by atomic mass is 10.3. The van der Waals surface area contributed by atoms with E-state index >= 15 is 0 Å². The van der Waals surface area contributed by atoms with Crippen LogP contribution in [0.4, 0.5) is 5.69 Å². The minimum Gasteiger partial charge on any atom is -0.385 e. The van der Waals surface area contributed by atoms with Gasteiger partial charge in [-0.2, -0.15) is 0 Å². The molecule has 90 valence electrons. The second-order valence-corrected chi connectivity index (χ2v) is 3.80. The lowest BCUT2D eigenvalue weighted by Crippen LogP contribution is -2.22. The Kier molecular flexibility index (Phi) is 5.82. The number of hydrogen-bond donors (Lipinski definition) is 1. The van der Waals surface area contributed by atoms with Crippen molar-refractivity contribution in [1.82, 2.24) is 9.88 Å². The Labute approximate surface area is 97.6 Å². The summed E-state index contributed by atoms with van der Waals surface area (Å²) in [6, 6.07) is 4.08. The lowest BCUT2D eigenvalue weighted by molar-refractivity contribution is 0.158. The maximum absolute atomic E-state index is 5.04. The highest BCUT2D eigenvalue weighted by atomic mass is 16.5. The predicted octanol–water partition coefficient (Wildman–Crippen LogP) is 1.59. The van der Waals surface area contributed by atoms with E-state index in [0.717, 1.165) is 37.6 Å². The van der Waals surface area contributed by atoms with Gasteiger partial charge in [-0.1, -0.05) is 0 Å². The maximum atomic E-state index is 5.04. The Morgan fingerprint density at radius 2 is 2.31 bits per heavy atom. The smallest absolute Gasteiger partial charge is 0.0589 e. The third kappa shape index (κ3) is 4.59. The Bertz CT molecular complexity index is 304. The van der Waals surface area contributed by atoms with Crippen molar-refractivity contribution in [2.24, 2.45) is 0 Å². The molecule has 1 aromatic rings. The fraction of sp³-hybridized carbons (Fsp3) is 0.583. The number of hydrogen-bond acceptors (Lipinski definition) is 4. The molecule has 4 heteroatoms. The van der Waals surface area contributed by atoms with Gasteiger partial charge in [0.25, 0.3) is 0 Å². The van der Waals surface area contributed by atoms with E-state index < -0.39 is 0 Å². The van der Waals surface area contributed by atoms with E-state index in [0.29, 0.717) is 0 Å². The number of likely N-dealkylation sites (N-methyl/N-ethyl adjacent to an activating group) is 1. The van der Waals surface area contributed by atoms with Gasteiger partial charge in [0.2, 0.25) is 0 Å². The largest absolute Gasteiger partial charge is 0.385 e. The number of nitrogens with zero attached hydrogens (tertiary/aromatic N) is 2. The standard InChI is InChI=1S/C12H21N3O/c1-4-13-11-5-6-14-12(9-11)10-15(2)7-8-16-3/h5-6,9H,4,7-8,10H2,1-3H3,(H,13,14). The summed E-state index contributed by atoms with van der Waals surface area (Å²) in [6.45, 7) is 5.55. The van der Waals surface area contributed by atoms with E-state index in [-0.39, 0.29) is 0 Å². The van der Waals surface area contributed by atoms with E-state index in [1.165, 1.54) is 0 Å². The molecule has 0 saturated carbocycles. The number of pyridine rings is 1. The number of ether oxygens (including phenoxy) is 1. The van der Waals surface area contributed by atoms with Crippen molar-refractivity contribution in [3.63, 3.8) is 0 Å². The second kappa shape index (κ2) is 7.19. The molecule has 4 nitrogen and oxygen atoms in total. The summed E-state index contributed by atoms with van der Waals surface area (Å²) >= 11 is 0. The molecule has 0 spiro atoms. The van der Waals surface area contributed by atoms with Crippen molar-refractivity contribution in [3.05, 3.63) is 24.0 Å². The Hall–Kier alpha value is -1.13. The van der Waals surface area contributed by atoms with Crippen molar-refractivity contribution in [2.45, 2.75) is 13.5 Å². The van der Waals surface area contributed by atoms with Crippen molar-refractivity contribution in [1.29, 1.82) is 0 Å².